The van der Waals surface area contributed by atoms with E-state index in [4.69, 9.17) is 16.9 Å². The van der Waals surface area contributed by atoms with E-state index in [9.17, 15) is 22.0 Å². The molecule has 26 heavy (non-hydrogen) atoms. The number of nitriles is 1. The number of carbonyl (C=O) groups excluding carboxylic acids is 1. The lowest BCUT2D eigenvalue weighted by molar-refractivity contribution is -0.121. The second-order valence-corrected chi connectivity index (χ2v) is 9.10. The average Bonchev–Trinajstić information content (AvgIpc) is 3.00. The number of amides is 1. The van der Waals surface area contributed by atoms with Gasteiger partial charge in [0.05, 0.1) is 17.0 Å². The molecule has 2 rings (SSSR count). The van der Waals surface area contributed by atoms with Gasteiger partial charge in [0.1, 0.15) is 21.9 Å². The zero-order valence-corrected chi connectivity index (χ0v) is 15.6. The first kappa shape index (κ1) is 20.3. The number of nitrogens with zero attached hydrogens (tertiary/aromatic N) is 2. The Morgan fingerprint density at radius 3 is 2.62 bits per heavy atom. The van der Waals surface area contributed by atoms with Crippen LogP contribution >= 0.6 is 22.9 Å². The first-order chi connectivity index (χ1) is 12.1. The van der Waals surface area contributed by atoms with Crippen LogP contribution in [0.3, 0.4) is 0 Å². The maximum Gasteiger partial charge on any atom is 0.252 e. The molecule has 2 aromatic rings. The van der Waals surface area contributed by atoms with Gasteiger partial charge in [0.25, 0.3) is 10.0 Å². The Kier molecular flexibility index (Phi) is 6.30. The zero-order chi connectivity index (χ0) is 19.5. The van der Waals surface area contributed by atoms with E-state index >= 15 is 0 Å². The fourth-order valence-corrected chi connectivity index (χ4v) is 4.82. The average molecular weight is 420 g/mol. The van der Waals surface area contributed by atoms with Crippen LogP contribution in [0.15, 0.2) is 34.5 Å². The quantitative estimate of drug-likeness (QED) is 0.779. The van der Waals surface area contributed by atoms with Crippen molar-refractivity contribution in [2.45, 2.75) is 10.3 Å². The van der Waals surface area contributed by atoms with E-state index in [1.165, 1.54) is 19.2 Å². The van der Waals surface area contributed by atoms with Crippen molar-refractivity contribution in [3.05, 3.63) is 51.9 Å². The highest BCUT2D eigenvalue weighted by atomic mass is 35.5. The molecule has 0 saturated heterocycles. The third kappa shape index (κ3) is 4.56. The zero-order valence-electron chi connectivity index (χ0n) is 13.2. The van der Waals surface area contributed by atoms with Crippen LogP contribution in [0.1, 0.15) is 11.6 Å². The van der Waals surface area contributed by atoms with E-state index in [0.717, 1.165) is 27.8 Å². The molecule has 1 unspecified atom stereocenters. The second kappa shape index (κ2) is 8.09. The van der Waals surface area contributed by atoms with Crippen molar-refractivity contribution in [1.82, 2.24) is 9.62 Å². The van der Waals surface area contributed by atoms with Gasteiger partial charge in [0.15, 0.2) is 0 Å². The number of nitrogens with one attached hydrogen (secondary N) is 1. The molecule has 1 aromatic carbocycles. The van der Waals surface area contributed by atoms with Gasteiger partial charge in [-0.3, -0.25) is 4.79 Å². The highest BCUT2D eigenvalue weighted by molar-refractivity contribution is 7.91. The van der Waals surface area contributed by atoms with Crippen LogP contribution in [0.2, 0.25) is 4.34 Å². The number of benzene rings is 1. The topological polar surface area (TPSA) is 90.3 Å². The normalized spacial score (nSPS) is 12.6. The molecule has 1 N–H and O–H groups in total. The van der Waals surface area contributed by atoms with Gasteiger partial charge in [0.2, 0.25) is 5.91 Å². The number of likely N-dealkylation sites (N-methyl/N-ethyl adjacent to an activating group) is 1. The molecule has 0 saturated carbocycles. The van der Waals surface area contributed by atoms with Gasteiger partial charge in [-0.1, -0.05) is 17.7 Å². The van der Waals surface area contributed by atoms with Crippen LogP contribution in [0.4, 0.5) is 8.78 Å². The second-order valence-electron chi connectivity index (χ2n) is 5.12. The van der Waals surface area contributed by atoms with E-state index in [-0.39, 0.29) is 14.1 Å². The van der Waals surface area contributed by atoms with Crippen LogP contribution in [0, 0.1) is 23.0 Å². The largest absolute Gasteiger partial charge is 0.335 e. The standard InChI is InChI=1S/C15H12ClF2N3O3S2/c1-21(26(23,24)15-5-4-13(16)25-15)8-14(22)20-12(7-19)10-3-2-9(17)6-11(10)18/h2-6,12H,8H2,1H3,(H,20,22). The van der Waals surface area contributed by atoms with Crippen LogP contribution in [0.5, 0.6) is 0 Å². The number of rotatable bonds is 6. The predicted molar refractivity (Wildman–Crippen MR) is 92.0 cm³/mol. The lowest BCUT2D eigenvalue weighted by atomic mass is 10.1. The third-order valence-corrected chi connectivity index (χ3v) is 6.79. The van der Waals surface area contributed by atoms with Crippen molar-refractivity contribution in [3.8, 4) is 6.07 Å². The van der Waals surface area contributed by atoms with Gasteiger partial charge >= 0.3 is 0 Å². The van der Waals surface area contributed by atoms with Gasteiger partial charge in [-0.2, -0.15) is 9.57 Å². The molecule has 11 heteroatoms. The predicted octanol–water partition coefficient (Wildman–Crippen LogP) is 2.68. The van der Waals surface area contributed by atoms with Gasteiger partial charge in [-0.15, -0.1) is 11.3 Å². The van der Waals surface area contributed by atoms with E-state index in [2.05, 4.69) is 5.32 Å². The molecule has 0 bridgehead atoms. The highest BCUT2D eigenvalue weighted by Gasteiger charge is 2.26. The minimum Gasteiger partial charge on any atom is -0.335 e. The maximum absolute atomic E-state index is 13.8. The van der Waals surface area contributed by atoms with Crippen molar-refractivity contribution < 1.29 is 22.0 Å². The summed E-state index contributed by atoms with van der Waals surface area (Å²) in [6.45, 7) is -0.598. The lowest BCUT2D eigenvalue weighted by Gasteiger charge is -2.18. The van der Waals surface area contributed by atoms with E-state index in [0.29, 0.717) is 6.07 Å². The van der Waals surface area contributed by atoms with Crippen LogP contribution < -0.4 is 5.32 Å². The molecular weight excluding hydrogens is 408 g/mol. The highest BCUT2D eigenvalue weighted by Crippen LogP contribution is 2.27. The number of thiophene rings is 1. The first-order valence-corrected chi connectivity index (χ1v) is 9.64. The molecule has 1 amide bonds. The minimum atomic E-state index is -3.93. The lowest BCUT2D eigenvalue weighted by Crippen LogP contribution is -2.39. The molecule has 1 heterocycles. The number of hydrogen-bond donors (Lipinski definition) is 1. The maximum atomic E-state index is 13.8. The summed E-state index contributed by atoms with van der Waals surface area (Å²) in [5.41, 5.74) is -0.224. The molecule has 1 aromatic heterocycles. The van der Waals surface area contributed by atoms with Crippen molar-refractivity contribution >= 4 is 38.9 Å². The van der Waals surface area contributed by atoms with E-state index in [1.54, 1.807) is 6.07 Å². The molecule has 0 fully saturated rings. The number of halogens is 3. The smallest absolute Gasteiger partial charge is 0.252 e. The van der Waals surface area contributed by atoms with Crippen molar-refractivity contribution in [1.29, 1.82) is 5.26 Å². The Morgan fingerprint density at radius 1 is 1.38 bits per heavy atom. The van der Waals surface area contributed by atoms with Crippen LogP contribution in [-0.4, -0.2) is 32.2 Å². The van der Waals surface area contributed by atoms with E-state index < -0.39 is 40.2 Å². The molecule has 0 aliphatic carbocycles. The fraction of sp³-hybridized carbons (Fsp3) is 0.200. The Bertz CT molecular complexity index is 973. The Hall–Kier alpha value is -2.06. The number of sulfonamides is 1. The van der Waals surface area contributed by atoms with Crippen molar-refractivity contribution in [2.24, 2.45) is 0 Å². The summed E-state index contributed by atoms with van der Waals surface area (Å²) < 4.78 is 52.4. The SMILES string of the molecule is CN(CC(=O)NC(C#N)c1ccc(F)cc1F)S(=O)(=O)c1ccc(Cl)s1. The summed E-state index contributed by atoms with van der Waals surface area (Å²) in [6, 6.07) is 5.58. The third-order valence-electron chi connectivity index (χ3n) is 3.29. The van der Waals surface area contributed by atoms with Crippen LogP contribution in [-0.2, 0) is 14.8 Å². The molecular formula is C15H12ClF2N3O3S2. The van der Waals surface area contributed by atoms with Gasteiger partial charge in [0, 0.05) is 18.7 Å². The minimum absolute atomic E-state index is 0.0424. The van der Waals surface area contributed by atoms with Crippen LogP contribution in [0.25, 0.3) is 0 Å². The number of carbonyl (C=O) groups is 1. The van der Waals surface area contributed by atoms with Crippen molar-refractivity contribution in [2.75, 3.05) is 13.6 Å². The number of hydrogen-bond acceptors (Lipinski definition) is 5. The molecule has 0 aliphatic heterocycles. The summed E-state index contributed by atoms with van der Waals surface area (Å²) >= 11 is 6.55. The molecule has 138 valence electrons. The van der Waals surface area contributed by atoms with Crippen molar-refractivity contribution in [3.63, 3.8) is 0 Å². The summed E-state index contributed by atoms with van der Waals surface area (Å²) in [7, 11) is -2.75. The summed E-state index contributed by atoms with van der Waals surface area (Å²) in [5.74, 6) is -2.64. The Labute approximate surface area is 157 Å². The fourth-order valence-electron chi connectivity index (χ4n) is 2.00. The Balaban J connectivity index is 2.10. The molecule has 0 spiro atoms. The Morgan fingerprint density at radius 2 is 2.08 bits per heavy atom. The summed E-state index contributed by atoms with van der Waals surface area (Å²) in [4.78, 5) is 12.1. The van der Waals surface area contributed by atoms with Gasteiger partial charge in [-0.25, -0.2) is 17.2 Å². The molecule has 1 atom stereocenters. The van der Waals surface area contributed by atoms with Gasteiger partial charge in [-0.05, 0) is 18.2 Å². The van der Waals surface area contributed by atoms with E-state index in [1.807, 2.05) is 0 Å². The first-order valence-electron chi connectivity index (χ1n) is 7.00. The summed E-state index contributed by atoms with van der Waals surface area (Å²) in [5, 5.41) is 11.3. The molecule has 0 aliphatic rings. The molecule has 0 radical (unpaired) electrons. The van der Waals surface area contributed by atoms with Gasteiger partial charge < -0.3 is 5.32 Å². The molecule has 6 nitrogen and oxygen atoms in total. The summed E-state index contributed by atoms with van der Waals surface area (Å²) in [6.07, 6.45) is 0. The monoisotopic (exact) mass is 419 g/mol.